The van der Waals surface area contributed by atoms with Crippen LogP contribution in [0.5, 0.6) is 0 Å². The summed E-state index contributed by atoms with van der Waals surface area (Å²) in [5, 5.41) is 4.70. The summed E-state index contributed by atoms with van der Waals surface area (Å²) >= 11 is 5.76. The number of carbonyl (C=O) groups excluding carboxylic acids is 1. The normalized spacial score (nSPS) is 12.0. The molecule has 0 unspecified atom stereocenters. The maximum Gasteiger partial charge on any atom is 0.416 e. The van der Waals surface area contributed by atoms with Crippen LogP contribution < -0.4 is 10.6 Å². The molecule has 0 bridgehead atoms. The third kappa shape index (κ3) is 5.29. The number of amides is 1. The number of benzene rings is 2. The maximum absolute atomic E-state index is 12.7. The number of rotatable bonds is 4. The highest BCUT2D eigenvalue weighted by molar-refractivity contribution is 6.33. The molecule has 10 heteroatoms. The Morgan fingerprint density at radius 2 is 1.42 bits per heavy atom. The highest BCUT2D eigenvalue weighted by Gasteiger charge is 2.31. The molecule has 0 saturated heterocycles. The minimum Gasteiger partial charge on any atom is -0.376 e. The van der Waals surface area contributed by atoms with E-state index in [1.54, 1.807) is 0 Å². The lowest BCUT2D eigenvalue weighted by Gasteiger charge is -2.12. The van der Waals surface area contributed by atoms with Gasteiger partial charge in [0.1, 0.15) is 0 Å². The molecule has 0 aliphatic carbocycles. The molecular formula is C16H11ClF6N2O. The molecule has 1 amide bonds. The highest BCUT2D eigenvalue weighted by Crippen LogP contribution is 2.34. The van der Waals surface area contributed by atoms with E-state index in [-0.39, 0.29) is 22.9 Å². The Morgan fingerprint density at radius 3 is 1.96 bits per heavy atom. The van der Waals surface area contributed by atoms with E-state index >= 15 is 0 Å². The molecule has 2 aromatic carbocycles. The molecule has 0 spiro atoms. The molecule has 0 aliphatic rings. The highest BCUT2D eigenvalue weighted by atomic mass is 35.5. The molecular weight excluding hydrogens is 386 g/mol. The second-order valence-electron chi connectivity index (χ2n) is 5.17. The minimum atomic E-state index is -4.59. The summed E-state index contributed by atoms with van der Waals surface area (Å²) in [6, 6.07) is 6.41. The lowest BCUT2D eigenvalue weighted by atomic mass is 10.2. The zero-order valence-corrected chi connectivity index (χ0v) is 13.6. The van der Waals surface area contributed by atoms with Crippen LogP contribution >= 0.6 is 11.6 Å². The molecule has 0 aliphatic heterocycles. The third-order valence-corrected chi connectivity index (χ3v) is 3.56. The van der Waals surface area contributed by atoms with Gasteiger partial charge in [0, 0.05) is 5.69 Å². The van der Waals surface area contributed by atoms with Crippen molar-refractivity contribution >= 4 is 28.9 Å². The van der Waals surface area contributed by atoms with E-state index in [1.807, 2.05) is 0 Å². The van der Waals surface area contributed by atoms with Gasteiger partial charge in [-0.1, -0.05) is 11.6 Å². The number of carbonyl (C=O) groups is 1. The number of alkyl halides is 6. The fraction of sp³-hybridized carbons (Fsp3) is 0.188. The van der Waals surface area contributed by atoms with Crippen LogP contribution in [0.2, 0.25) is 5.02 Å². The number of nitrogens with one attached hydrogen (secondary N) is 2. The van der Waals surface area contributed by atoms with Crippen LogP contribution in [-0.4, -0.2) is 12.5 Å². The first kappa shape index (κ1) is 19.9. The molecule has 0 heterocycles. The monoisotopic (exact) mass is 396 g/mol. The molecule has 3 nitrogen and oxygen atoms in total. The van der Waals surface area contributed by atoms with Crippen LogP contribution in [-0.2, 0) is 17.1 Å². The minimum absolute atomic E-state index is 0.0825. The van der Waals surface area contributed by atoms with E-state index in [0.29, 0.717) is 6.07 Å². The van der Waals surface area contributed by atoms with Gasteiger partial charge in [0.05, 0.1) is 28.4 Å². The van der Waals surface area contributed by atoms with Gasteiger partial charge >= 0.3 is 12.4 Å². The van der Waals surface area contributed by atoms with Crippen molar-refractivity contribution in [3.63, 3.8) is 0 Å². The predicted molar refractivity (Wildman–Crippen MR) is 85.0 cm³/mol. The summed E-state index contributed by atoms with van der Waals surface area (Å²) in [6.07, 6.45) is -9.07. The summed E-state index contributed by atoms with van der Waals surface area (Å²) in [5.74, 6) is -0.717. The van der Waals surface area contributed by atoms with Gasteiger partial charge in [0.15, 0.2) is 0 Å². The van der Waals surface area contributed by atoms with Crippen molar-refractivity contribution in [1.29, 1.82) is 0 Å². The van der Waals surface area contributed by atoms with Gasteiger partial charge in [-0.3, -0.25) is 4.79 Å². The summed E-state index contributed by atoms with van der Waals surface area (Å²) in [6.45, 7) is -0.377. The van der Waals surface area contributed by atoms with Crippen molar-refractivity contribution in [3.05, 3.63) is 58.6 Å². The summed E-state index contributed by atoms with van der Waals surface area (Å²) in [4.78, 5) is 11.8. The van der Waals surface area contributed by atoms with Crippen LogP contribution in [0.4, 0.5) is 37.7 Å². The van der Waals surface area contributed by atoms with Crippen molar-refractivity contribution in [1.82, 2.24) is 0 Å². The fourth-order valence-corrected chi connectivity index (χ4v) is 2.12. The van der Waals surface area contributed by atoms with Gasteiger partial charge in [0.25, 0.3) is 0 Å². The van der Waals surface area contributed by atoms with E-state index in [2.05, 4.69) is 10.6 Å². The van der Waals surface area contributed by atoms with E-state index in [0.717, 1.165) is 36.4 Å². The smallest absolute Gasteiger partial charge is 0.376 e. The number of hydrogen-bond donors (Lipinski definition) is 2. The summed E-state index contributed by atoms with van der Waals surface area (Å²) in [5.41, 5.74) is -1.81. The van der Waals surface area contributed by atoms with Crippen molar-refractivity contribution in [2.45, 2.75) is 12.4 Å². The van der Waals surface area contributed by atoms with Crippen LogP contribution in [0.25, 0.3) is 0 Å². The third-order valence-electron chi connectivity index (χ3n) is 3.23. The molecule has 2 rings (SSSR count). The Bertz CT molecular complexity index is 787. The Hall–Kier alpha value is -2.42. The van der Waals surface area contributed by atoms with E-state index in [1.165, 1.54) is 0 Å². The van der Waals surface area contributed by atoms with Crippen molar-refractivity contribution in [3.8, 4) is 0 Å². The first-order valence-electron chi connectivity index (χ1n) is 7.04. The van der Waals surface area contributed by atoms with Gasteiger partial charge in [0.2, 0.25) is 5.91 Å². The summed E-state index contributed by atoms with van der Waals surface area (Å²) in [7, 11) is 0. The predicted octanol–water partition coefficient (Wildman–Crippen LogP) is 5.43. The standard InChI is InChI=1S/C16H11ClF6N2O/c17-12-6-3-10(16(21,22)23)7-13(12)25-14(26)8-24-11-4-1-9(2-5-11)15(18,19)20/h1-7,24H,8H2,(H,25,26). The van der Waals surface area contributed by atoms with Crippen molar-refractivity contribution < 1.29 is 31.1 Å². The van der Waals surface area contributed by atoms with Crippen LogP contribution in [0.1, 0.15) is 11.1 Å². The fourth-order valence-electron chi connectivity index (χ4n) is 1.95. The number of halogens is 7. The van der Waals surface area contributed by atoms with Crippen LogP contribution in [0, 0.1) is 0 Å². The molecule has 0 fully saturated rings. The second kappa shape index (κ2) is 7.45. The van der Waals surface area contributed by atoms with Crippen molar-refractivity contribution in [2.24, 2.45) is 0 Å². The van der Waals surface area contributed by atoms with E-state index in [4.69, 9.17) is 11.6 Å². The lowest BCUT2D eigenvalue weighted by Crippen LogP contribution is -2.22. The SMILES string of the molecule is O=C(CNc1ccc(C(F)(F)F)cc1)Nc1cc(C(F)(F)F)ccc1Cl. The molecule has 2 N–H and O–H groups in total. The molecule has 0 aromatic heterocycles. The lowest BCUT2D eigenvalue weighted by molar-refractivity contribution is -0.138. The van der Waals surface area contributed by atoms with Crippen LogP contribution in [0.3, 0.4) is 0 Å². The van der Waals surface area contributed by atoms with Gasteiger partial charge in [-0.25, -0.2) is 0 Å². The van der Waals surface area contributed by atoms with Gasteiger partial charge in [-0.05, 0) is 42.5 Å². The van der Waals surface area contributed by atoms with Crippen molar-refractivity contribution in [2.75, 3.05) is 17.2 Å². The average molecular weight is 397 g/mol. The molecule has 2 aromatic rings. The Labute approximate surface area is 149 Å². The Morgan fingerprint density at radius 1 is 0.885 bits per heavy atom. The average Bonchev–Trinajstić information content (AvgIpc) is 2.53. The molecule has 140 valence electrons. The zero-order chi connectivity index (χ0) is 19.5. The molecule has 26 heavy (non-hydrogen) atoms. The van der Waals surface area contributed by atoms with E-state index < -0.39 is 29.4 Å². The largest absolute Gasteiger partial charge is 0.416 e. The van der Waals surface area contributed by atoms with Gasteiger partial charge in [-0.2, -0.15) is 26.3 Å². The second-order valence-corrected chi connectivity index (χ2v) is 5.58. The zero-order valence-electron chi connectivity index (χ0n) is 12.8. The molecule has 0 atom stereocenters. The molecule has 0 saturated carbocycles. The number of hydrogen-bond acceptors (Lipinski definition) is 2. The first-order valence-corrected chi connectivity index (χ1v) is 7.42. The van der Waals surface area contributed by atoms with E-state index in [9.17, 15) is 31.1 Å². The Kier molecular flexibility index (Phi) is 5.70. The van der Waals surface area contributed by atoms with Gasteiger partial charge in [-0.15, -0.1) is 0 Å². The first-order chi connectivity index (χ1) is 12.0. The number of anilines is 2. The van der Waals surface area contributed by atoms with Gasteiger partial charge < -0.3 is 10.6 Å². The molecule has 0 radical (unpaired) electrons. The Balaban J connectivity index is 1.99. The maximum atomic E-state index is 12.7. The summed E-state index contributed by atoms with van der Waals surface area (Å²) < 4.78 is 75.4. The van der Waals surface area contributed by atoms with Crippen LogP contribution in [0.15, 0.2) is 42.5 Å². The quantitative estimate of drug-likeness (QED) is 0.677. The topological polar surface area (TPSA) is 41.1 Å².